The smallest absolute Gasteiger partial charge is 0.223 e. The van der Waals surface area contributed by atoms with E-state index < -0.39 is 0 Å². The fourth-order valence-corrected chi connectivity index (χ4v) is 0.642. The highest BCUT2D eigenvalue weighted by Crippen LogP contribution is 1.93. The van der Waals surface area contributed by atoms with Crippen LogP contribution in [0, 0.1) is 0 Å². The highest BCUT2D eigenvalue weighted by molar-refractivity contribution is 5.77. The SMILES string of the molecule is CCC(=O)N/C(C)=C/C=C(C)C. The van der Waals surface area contributed by atoms with E-state index in [9.17, 15) is 4.79 Å². The van der Waals surface area contributed by atoms with E-state index in [1.54, 1.807) is 0 Å². The van der Waals surface area contributed by atoms with Gasteiger partial charge in [-0.25, -0.2) is 0 Å². The lowest BCUT2D eigenvalue weighted by Gasteiger charge is -2.01. The summed E-state index contributed by atoms with van der Waals surface area (Å²) in [6.45, 7) is 7.76. The third-order valence-corrected chi connectivity index (χ3v) is 1.32. The van der Waals surface area contributed by atoms with E-state index in [0.29, 0.717) is 6.42 Å². The molecule has 0 saturated heterocycles. The van der Waals surface area contributed by atoms with Gasteiger partial charge in [-0.2, -0.15) is 0 Å². The number of hydrogen-bond acceptors (Lipinski definition) is 1. The van der Waals surface area contributed by atoms with Crippen LogP contribution in [0.15, 0.2) is 23.4 Å². The molecule has 0 bridgehead atoms. The Labute approximate surface area is 74.4 Å². The lowest BCUT2D eigenvalue weighted by molar-refractivity contribution is -0.120. The number of hydrogen-bond donors (Lipinski definition) is 1. The summed E-state index contributed by atoms with van der Waals surface area (Å²) < 4.78 is 0. The number of allylic oxidation sites excluding steroid dienone is 4. The molecule has 0 spiro atoms. The van der Waals surface area contributed by atoms with Gasteiger partial charge in [0.2, 0.25) is 5.91 Å². The topological polar surface area (TPSA) is 29.1 Å². The van der Waals surface area contributed by atoms with Gasteiger partial charge in [0.15, 0.2) is 0 Å². The molecule has 0 rings (SSSR count). The summed E-state index contributed by atoms with van der Waals surface area (Å²) in [6, 6.07) is 0. The highest BCUT2D eigenvalue weighted by atomic mass is 16.1. The van der Waals surface area contributed by atoms with Crippen molar-refractivity contribution >= 4 is 5.91 Å². The van der Waals surface area contributed by atoms with Crippen molar-refractivity contribution in [3.05, 3.63) is 23.4 Å². The van der Waals surface area contributed by atoms with E-state index in [2.05, 4.69) is 5.32 Å². The summed E-state index contributed by atoms with van der Waals surface area (Å²) in [4.78, 5) is 10.9. The van der Waals surface area contributed by atoms with Gasteiger partial charge >= 0.3 is 0 Å². The van der Waals surface area contributed by atoms with Crippen molar-refractivity contribution in [2.45, 2.75) is 34.1 Å². The Hall–Kier alpha value is -1.05. The second-order valence-corrected chi connectivity index (χ2v) is 3.00. The number of rotatable bonds is 3. The zero-order valence-corrected chi connectivity index (χ0v) is 8.27. The van der Waals surface area contributed by atoms with Crippen LogP contribution in [-0.4, -0.2) is 5.91 Å². The maximum atomic E-state index is 10.9. The first-order valence-electron chi connectivity index (χ1n) is 4.18. The summed E-state index contributed by atoms with van der Waals surface area (Å²) in [6.07, 6.45) is 4.41. The molecule has 0 heterocycles. The van der Waals surface area contributed by atoms with Crippen molar-refractivity contribution in [2.75, 3.05) is 0 Å². The zero-order valence-electron chi connectivity index (χ0n) is 8.27. The van der Waals surface area contributed by atoms with Crippen LogP contribution in [0.25, 0.3) is 0 Å². The third kappa shape index (κ3) is 5.71. The lowest BCUT2D eigenvalue weighted by Crippen LogP contribution is -2.19. The second kappa shape index (κ2) is 5.58. The molecule has 0 aromatic rings. The molecular weight excluding hydrogens is 150 g/mol. The molecule has 0 aromatic heterocycles. The normalized spacial score (nSPS) is 10.8. The van der Waals surface area contributed by atoms with Crippen molar-refractivity contribution in [3.8, 4) is 0 Å². The Bertz CT molecular complexity index is 210. The molecule has 0 aromatic carbocycles. The molecule has 68 valence electrons. The van der Waals surface area contributed by atoms with Gasteiger partial charge in [0.05, 0.1) is 0 Å². The first-order chi connectivity index (χ1) is 5.56. The lowest BCUT2D eigenvalue weighted by atomic mass is 10.3. The van der Waals surface area contributed by atoms with E-state index in [1.165, 1.54) is 5.57 Å². The van der Waals surface area contributed by atoms with Crippen molar-refractivity contribution in [3.63, 3.8) is 0 Å². The van der Waals surface area contributed by atoms with Crippen molar-refractivity contribution in [1.82, 2.24) is 5.32 Å². The minimum absolute atomic E-state index is 0.0610. The zero-order chi connectivity index (χ0) is 9.56. The van der Waals surface area contributed by atoms with E-state index in [1.807, 2.05) is 39.8 Å². The Balaban J connectivity index is 4.03. The largest absolute Gasteiger partial charge is 0.330 e. The molecule has 12 heavy (non-hydrogen) atoms. The maximum Gasteiger partial charge on any atom is 0.223 e. The summed E-state index contributed by atoms with van der Waals surface area (Å²) in [7, 11) is 0. The molecule has 0 atom stereocenters. The molecule has 0 fully saturated rings. The Morgan fingerprint density at radius 1 is 1.25 bits per heavy atom. The summed E-state index contributed by atoms with van der Waals surface area (Å²) in [5.74, 6) is 0.0610. The first kappa shape index (κ1) is 11.0. The minimum Gasteiger partial charge on any atom is -0.330 e. The average molecular weight is 167 g/mol. The van der Waals surface area contributed by atoms with Crippen molar-refractivity contribution in [1.29, 1.82) is 0 Å². The fourth-order valence-electron chi connectivity index (χ4n) is 0.642. The molecule has 0 aliphatic carbocycles. The molecule has 0 saturated carbocycles. The number of amides is 1. The van der Waals surface area contributed by atoms with Crippen LogP contribution in [-0.2, 0) is 4.79 Å². The molecular formula is C10H17NO. The van der Waals surface area contributed by atoms with Gasteiger partial charge in [-0.05, 0) is 26.8 Å². The Kier molecular flexibility index (Phi) is 5.09. The predicted molar refractivity (Wildman–Crippen MR) is 51.6 cm³/mol. The quantitative estimate of drug-likeness (QED) is 0.642. The van der Waals surface area contributed by atoms with Crippen molar-refractivity contribution in [2.24, 2.45) is 0 Å². The standard InChI is InChI=1S/C10H17NO/c1-5-10(12)11-9(4)7-6-8(2)3/h6-7H,5H2,1-4H3,(H,11,12)/b9-7+. The van der Waals surface area contributed by atoms with Crippen LogP contribution in [0.5, 0.6) is 0 Å². The summed E-state index contributed by atoms with van der Waals surface area (Å²) in [5, 5.41) is 2.76. The number of nitrogens with one attached hydrogen (secondary N) is 1. The third-order valence-electron chi connectivity index (χ3n) is 1.32. The van der Waals surface area contributed by atoms with E-state index in [-0.39, 0.29) is 5.91 Å². The van der Waals surface area contributed by atoms with Crippen LogP contribution in [0.3, 0.4) is 0 Å². The summed E-state index contributed by atoms with van der Waals surface area (Å²) in [5.41, 5.74) is 2.11. The molecule has 2 nitrogen and oxygen atoms in total. The minimum atomic E-state index is 0.0610. The van der Waals surface area contributed by atoms with E-state index in [4.69, 9.17) is 0 Å². The number of carbonyl (C=O) groups is 1. The molecule has 2 heteroatoms. The van der Waals surface area contributed by atoms with Gasteiger partial charge in [-0.3, -0.25) is 4.79 Å². The van der Waals surface area contributed by atoms with Crippen LogP contribution in [0.4, 0.5) is 0 Å². The Morgan fingerprint density at radius 3 is 2.25 bits per heavy atom. The van der Waals surface area contributed by atoms with Gasteiger partial charge in [0.25, 0.3) is 0 Å². The van der Waals surface area contributed by atoms with Gasteiger partial charge in [-0.15, -0.1) is 0 Å². The monoisotopic (exact) mass is 167 g/mol. The maximum absolute atomic E-state index is 10.9. The van der Waals surface area contributed by atoms with Crippen LogP contribution in [0.2, 0.25) is 0 Å². The first-order valence-corrected chi connectivity index (χ1v) is 4.18. The molecule has 0 unspecified atom stereocenters. The van der Waals surface area contributed by atoms with Crippen molar-refractivity contribution < 1.29 is 4.79 Å². The van der Waals surface area contributed by atoms with Crippen LogP contribution >= 0.6 is 0 Å². The second-order valence-electron chi connectivity index (χ2n) is 3.00. The van der Waals surface area contributed by atoms with Crippen LogP contribution in [0.1, 0.15) is 34.1 Å². The predicted octanol–water partition coefficient (Wildman–Crippen LogP) is 2.38. The molecule has 1 amide bonds. The average Bonchev–Trinajstić information content (AvgIpc) is 2.00. The van der Waals surface area contributed by atoms with Gasteiger partial charge < -0.3 is 5.32 Å². The van der Waals surface area contributed by atoms with Gasteiger partial charge in [-0.1, -0.05) is 18.6 Å². The van der Waals surface area contributed by atoms with E-state index >= 15 is 0 Å². The Morgan fingerprint density at radius 2 is 1.83 bits per heavy atom. The van der Waals surface area contributed by atoms with Crippen LogP contribution < -0.4 is 5.32 Å². The number of carbonyl (C=O) groups excluding carboxylic acids is 1. The van der Waals surface area contributed by atoms with Gasteiger partial charge in [0.1, 0.15) is 0 Å². The molecule has 1 N–H and O–H groups in total. The van der Waals surface area contributed by atoms with E-state index in [0.717, 1.165) is 5.70 Å². The molecule has 0 aliphatic heterocycles. The highest BCUT2D eigenvalue weighted by Gasteiger charge is 1.94. The fraction of sp³-hybridized carbons (Fsp3) is 0.500. The van der Waals surface area contributed by atoms with Gasteiger partial charge in [0, 0.05) is 12.1 Å². The summed E-state index contributed by atoms with van der Waals surface area (Å²) >= 11 is 0. The molecule has 0 radical (unpaired) electrons. The molecule has 0 aliphatic rings.